The first-order valence-corrected chi connectivity index (χ1v) is 5.91. The van der Waals surface area contributed by atoms with Crippen molar-refractivity contribution in [3.05, 3.63) is 0 Å². The molecule has 1 aliphatic rings. The lowest BCUT2D eigenvalue weighted by molar-refractivity contribution is -0.137. The first-order chi connectivity index (χ1) is 6.70. The van der Waals surface area contributed by atoms with Crippen molar-refractivity contribution in [2.45, 2.75) is 25.0 Å². The molecule has 1 rings (SSSR count). The molecule has 1 saturated heterocycles. The van der Waals surface area contributed by atoms with E-state index in [1.807, 2.05) is 6.92 Å². The van der Waals surface area contributed by atoms with Crippen LogP contribution in [0.3, 0.4) is 0 Å². The van der Waals surface area contributed by atoms with Crippen LogP contribution >= 0.6 is 11.8 Å². The first kappa shape index (κ1) is 11.5. The zero-order valence-electron chi connectivity index (χ0n) is 8.36. The van der Waals surface area contributed by atoms with E-state index in [1.165, 1.54) is 4.90 Å². The van der Waals surface area contributed by atoms with Crippen LogP contribution in [0.2, 0.25) is 0 Å². The first-order valence-electron chi connectivity index (χ1n) is 4.86. The lowest BCUT2D eigenvalue weighted by Crippen LogP contribution is -2.30. The van der Waals surface area contributed by atoms with Crippen LogP contribution in [0.15, 0.2) is 0 Å². The highest BCUT2D eigenvalue weighted by atomic mass is 32.2. The summed E-state index contributed by atoms with van der Waals surface area (Å²) in [5.74, 6) is 0.792. The molecule has 4 nitrogen and oxygen atoms in total. The van der Waals surface area contributed by atoms with Gasteiger partial charge in [0, 0.05) is 13.0 Å². The number of thioether (sulfide) groups is 1. The third kappa shape index (κ3) is 2.48. The van der Waals surface area contributed by atoms with E-state index in [4.69, 9.17) is 5.73 Å². The molecular formula is C9H16N2O2S. The molecule has 0 aromatic rings. The number of imide groups is 1. The Morgan fingerprint density at radius 3 is 2.79 bits per heavy atom. The Labute approximate surface area is 88.2 Å². The summed E-state index contributed by atoms with van der Waals surface area (Å²) in [6.45, 7) is 2.95. The van der Waals surface area contributed by atoms with Gasteiger partial charge in [0.2, 0.25) is 11.8 Å². The molecule has 2 N–H and O–H groups in total. The number of nitrogens with zero attached hydrogens (tertiary/aromatic N) is 1. The van der Waals surface area contributed by atoms with Crippen LogP contribution in [-0.4, -0.2) is 40.8 Å². The second-order valence-electron chi connectivity index (χ2n) is 3.18. The van der Waals surface area contributed by atoms with Gasteiger partial charge in [0.05, 0.1) is 5.25 Å². The third-order valence-electron chi connectivity index (χ3n) is 2.19. The summed E-state index contributed by atoms with van der Waals surface area (Å²) in [7, 11) is 0. The van der Waals surface area contributed by atoms with Crippen molar-refractivity contribution in [3.63, 3.8) is 0 Å². The SMILES string of the molecule is CCN1C(=O)CC(SCCCN)C1=O. The highest BCUT2D eigenvalue weighted by Gasteiger charge is 2.37. The predicted octanol–water partition coefficient (Wildman–Crippen LogP) is 0.216. The van der Waals surface area contributed by atoms with Crippen LogP contribution in [0.25, 0.3) is 0 Å². The molecule has 2 amide bonds. The Morgan fingerprint density at radius 2 is 2.29 bits per heavy atom. The van der Waals surface area contributed by atoms with Crippen LogP contribution < -0.4 is 5.73 Å². The maximum Gasteiger partial charge on any atom is 0.242 e. The quantitative estimate of drug-likeness (QED) is 0.527. The Kier molecular flexibility index (Phi) is 4.41. The molecule has 1 atom stereocenters. The summed E-state index contributed by atoms with van der Waals surface area (Å²) in [6, 6.07) is 0. The molecule has 1 unspecified atom stereocenters. The van der Waals surface area contributed by atoms with Crippen LogP contribution in [0.1, 0.15) is 19.8 Å². The smallest absolute Gasteiger partial charge is 0.242 e. The average molecular weight is 216 g/mol. The minimum absolute atomic E-state index is 0.0282. The third-order valence-corrected chi connectivity index (χ3v) is 3.48. The zero-order chi connectivity index (χ0) is 10.6. The predicted molar refractivity (Wildman–Crippen MR) is 56.9 cm³/mol. The van der Waals surface area contributed by atoms with E-state index in [0.717, 1.165) is 12.2 Å². The highest BCUT2D eigenvalue weighted by Crippen LogP contribution is 2.25. The lowest BCUT2D eigenvalue weighted by atomic mass is 10.4. The zero-order valence-corrected chi connectivity index (χ0v) is 9.18. The molecular weight excluding hydrogens is 200 g/mol. The van der Waals surface area contributed by atoms with E-state index in [9.17, 15) is 9.59 Å². The highest BCUT2D eigenvalue weighted by molar-refractivity contribution is 8.00. The summed E-state index contributed by atoms with van der Waals surface area (Å²) in [5, 5.41) is -0.158. The average Bonchev–Trinajstić information content (AvgIpc) is 2.42. The number of nitrogens with two attached hydrogens (primary N) is 1. The van der Waals surface area contributed by atoms with Gasteiger partial charge >= 0.3 is 0 Å². The monoisotopic (exact) mass is 216 g/mol. The van der Waals surface area contributed by atoms with Gasteiger partial charge < -0.3 is 5.73 Å². The molecule has 14 heavy (non-hydrogen) atoms. The Balaban J connectivity index is 2.41. The lowest BCUT2D eigenvalue weighted by Gasteiger charge is -2.11. The van der Waals surface area contributed by atoms with Crippen molar-refractivity contribution in [1.29, 1.82) is 0 Å². The van der Waals surface area contributed by atoms with Gasteiger partial charge in [0.1, 0.15) is 0 Å². The van der Waals surface area contributed by atoms with E-state index in [1.54, 1.807) is 11.8 Å². The van der Waals surface area contributed by atoms with Crippen LogP contribution in [0, 0.1) is 0 Å². The van der Waals surface area contributed by atoms with E-state index in [-0.39, 0.29) is 17.1 Å². The topological polar surface area (TPSA) is 63.4 Å². The van der Waals surface area contributed by atoms with Gasteiger partial charge in [-0.2, -0.15) is 0 Å². The Bertz CT molecular complexity index is 233. The number of hydrogen-bond acceptors (Lipinski definition) is 4. The number of carbonyl (C=O) groups excluding carboxylic acids is 2. The standard InChI is InChI=1S/C9H16N2O2S/c1-2-11-8(12)6-7(9(11)13)14-5-3-4-10/h7H,2-6,10H2,1H3. The largest absolute Gasteiger partial charge is 0.330 e. The normalized spacial score (nSPS) is 22.1. The van der Waals surface area contributed by atoms with Crippen LogP contribution in [-0.2, 0) is 9.59 Å². The van der Waals surface area contributed by atoms with E-state index < -0.39 is 0 Å². The van der Waals surface area contributed by atoms with Crippen molar-refractivity contribution in [2.24, 2.45) is 5.73 Å². The van der Waals surface area contributed by atoms with Crippen LogP contribution in [0.5, 0.6) is 0 Å². The maximum atomic E-state index is 11.6. The fourth-order valence-corrected chi connectivity index (χ4v) is 2.57. The van der Waals surface area contributed by atoms with E-state index in [0.29, 0.717) is 19.5 Å². The molecule has 5 heteroatoms. The second-order valence-corrected chi connectivity index (χ2v) is 4.49. The van der Waals surface area contributed by atoms with Gasteiger partial charge in [-0.05, 0) is 25.6 Å². The van der Waals surface area contributed by atoms with Gasteiger partial charge in [-0.15, -0.1) is 11.8 Å². The van der Waals surface area contributed by atoms with Crippen molar-refractivity contribution in [1.82, 2.24) is 4.90 Å². The summed E-state index contributed by atoms with van der Waals surface area (Å²) >= 11 is 1.55. The molecule has 0 aromatic carbocycles. The Hall–Kier alpha value is -0.550. The number of carbonyl (C=O) groups is 2. The minimum Gasteiger partial charge on any atom is -0.330 e. The van der Waals surface area contributed by atoms with Gasteiger partial charge in [0.25, 0.3) is 0 Å². The molecule has 1 heterocycles. The van der Waals surface area contributed by atoms with Crippen molar-refractivity contribution in [2.75, 3.05) is 18.8 Å². The van der Waals surface area contributed by atoms with E-state index in [2.05, 4.69) is 0 Å². The molecule has 0 radical (unpaired) electrons. The molecule has 1 fully saturated rings. The summed E-state index contributed by atoms with van der Waals surface area (Å²) in [4.78, 5) is 24.3. The van der Waals surface area contributed by atoms with Crippen LogP contribution in [0.4, 0.5) is 0 Å². The summed E-state index contributed by atoms with van der Waals surface area (Å²) < 4.78 is 0. The maximum absolute atomic E-state index is 11.6. The van der Waals surface area contributed by atoms with Crippen molar-refractivity contribution >= 4 is 23.6 Å². The molecule has 0 aromatic heterocycles. The van der Waals surface area contributed by atoms with Gasteiger partial charge in [0.15, 0.2) is 0 Å². The second kappa shape index (κ2) is 5.36. The van der Waals surface area contributed by atoms with Gasteiger partial charge in [-0.1, -0.05) is 0 Å². The molecule has 0 saturated carbocycles. The van der Waals surface area contributed by atoms with Crippen molar-refractivity contribution < 1.29 is 9.59 Å². The van der Waals surface area contributed by atoms with E-state index >= 15 is 0 Å². The molecule has 0 spiro atoms. The summed E-state index contributed by atoms with van der Waals surface area (Å²) in [6.07, 6.45) is 1.26. The van der Waals surface area contributed by atoms with Gasteiger partial charge in [-0.3, -0.25) is 14.5 Å². The summed E-state index contributed by atoms with van der Waals surface area (Å²) in [5.41, 5.74) is 5.35. The van der Waals surface area contributed by atoms with Crippen molar-refractivity contribution in [3.8, 4) is 0 Å². The number of amides is 2. The molecule has 1 aliphatic heterocycles. The van der Waals surface area contributed by atoms with Gasteiger partial charge in [-0.25, -0.2) is 0 Å². The molecule has 0 bridgehead atoms. The number of hydrogen-bond donors (Lipinski definition) is 1. The Morgan fingerprint density at radius 1 is 1.57 bits per heavy atom. The number of likely N-dealkylation sites (tertiary alicyclic amines) is 1. The minimum atomic E-state index is -0.158. The molecule has 80 valence electrons. The number of rotatable bonds is 5. The fraction of sp³-hybridized carbons (Fsp3) is 0.778. The molecule has 0 aliphatic carbocycles. The fourth-order valence-electron chi connectivity index (χ4n) is 1.42.